The fraction of sp³-hybridized carbons (Fsp3) is 0.483. The maximum atomic E-state index is 6.07. The number of nitrogens with two attached hydrogens (primary N) is 2. The van der Waals surface area contributed by atoms with Crippen LogP contribution in [0.2, 0.25) is 0 Å². The summed E-state index contributed by atoms with van der Waals surface area (Å²) in [5.74, 6) is 0.927. The Labute approximate surface area is 240 Å². The van der Waals surface area contributed by atoms with Crippen LogP contribution in [-0.2, 0) is 13.1 Å². The van der Waals surface area contributed by atoms with Crippen molar-refractivity contribution in [1.29, 1.82) is 0 Å². The third-order valence-electron chi connectivity index (χ3n) is 7.57. The number of nitrogens with zero attached hydrogens (tertiary/aromatic N) is 5. The van der Waals surface area contributed by atoms with Crippen LogP contribution in [0.15, 0.2) is 37.0 Å². The molecule has 214 valence electrons. The van der Waals surface area contributed by atoms with Gasteiger partial charge in [-0.25, -0.2) is 9.97 Å². The first-order chi connectivity index (χ1) is 19.5. The summed E-state index contributed by atoms with van der Waals surface area (Å²) in [6.45, 7) is 15.6. The molecule has 0 unspecified atom stereocenters. The van der Waals surface area contributed by atoms with Gasteiger partial charge in [-0.15, -0.1) is 11.3 Å². The first kappa shape index (κ1) is 28.3. The highest BCUT2D eigenvalue weighted by molar-refractivity contribution is 7.15. The molecule has 0 atom stereocenters. The molecule has 0 aliphatic carbocycles. The van der Waals surface area contributed by atoms with E-state index in [1.807, 2.05) is 25.3 Å². The summed E-state index contributed by atoms with van der Waals surface area (Å²) >= 11 is 1.80. The Kier molecular flexibility index (Phi) is 9.48. The second kappa shape index (κ2) is 13.4. The summed E-state index contributed by atoms with van der Waals surface area (Å²) < 4.78 is 5.54. The van der Waals surface area contributed by atoms with Gasteiger partial charge < -0.3 is 26.8 Å². The van der Waals surface area contributed by atoms with E-state index >= 15 is 0 Å². The van der Waals surface area contributed by atoms with Crippen molar-refractivity contribution in [3.8, 4) is 16.6 Å². The van der Waals surface area contributed by atoms with Crippen LogP contribution in [-0.4, -0.2) is 77.2 Å². The summed E-state index contributed by atoms with van der Waals surface area (Å²) in [5.41, 5.74) is 16.5. The van der Waals surface area contributed by atoms with Crippen molar-refractivity contribution < 1.29 is 4.74 Å². The van der Waals surface area contributed by atoms with Gasteiger partial charge in [0.15, 0.2) is 0 Å². The number of piperazine rings is 1. The van der Waals surface area contributed by atoms with Gasteiger partial charge in [0.1, 0.15) is 10.7 Å². The van der Waals surface area contributed by atoms with E-state index < -0.39 is 0 Å². The second-order valence-electron chi connectivity index (χ2n) is 10.5. The zero-order chi connectivity index (χ0) is 27.9. The topological polar surface area (TPSA) is 130 Å². The van der Waals surface area contributed by atoms with Gasteiger partial charge in [-0.05, 0) is 57.0 Å². The zero-order valence-electron chi connectivity index (χ0n) is 23.4. The van der Waals surface area contributed by atoms with E-state index in [1.165, 1.54) is 10.6 Å². The molecule has 0 bridgehead atoms. The van der Waals surface area contributed by atoms with Gasteiger partial charge in [0, 0.05) is 56.9 Å². The van der Waals surface area contributed by atoms with E-state index in [1.54, 1.807) is 17.4 Å². The van der Waals surface area contributed by atoms with E-state index in [-0.39, 0.29) is 0 Å². The molecule has 0 saturated carbocycles. The Bertz CT molecular complexity index is 1270. The van der Waals surface area contributed by atoms with E-state index in [9.17, 15) is 0 Å². The van der Waals surface area contributed by atoms with E-state index in [4.69, 9.17) is 21.2 Å². The van der Waals surface area contributed by atoms with Crippen LogP contribution >= 0.6 is 11.3 Å². The number of rotatable bonds is 11. The lowest BCUT2D eigenvalue weighted by Crippen LogP contribution is -2.43. The van der Waals surface area contributed by atoms with Crippen molar-refractivity contribution in [2.45, 2.75) is 32.9 Å². The Morgan fingerprint density at radius 1 is 1.12 bits per heavy atom. The number of thiazole rings is 1. The van der Waals surface area contributed by atoms with E-state index in [2.05, 4.69) is 43.0 Å². The third-order valence-corrected chi connectivity index (χ3v) is 8.67. The molecule has 5 rings (SSSR count). The number of nitrogens with one attached hydrogen (secondary N) is 2. The van der Waals surface area contributed by atoms with E-state index in [0.29, 0.717) is 35.5 Å². The van der Waals surface area contributed by atoms with Crippen LogP contribution < -0.4 is 26.8 Å². The van der Waals surface area contributed by atoms with Crippen LogP contribution in [0.4, 0.5) is 11.4 Å². The number of aromatic nitrogens is 3. The minimum atomic E-state index is 0.361. The number of nitrogen functional groups attached to an aromatic ring is 2. The quantitative estimate of drug-likeness (QED) is 0.276. The molecule has 0 spiro atoms. The van der Waals surface area contributed by atoms with Gasteiger partial charge >= 0.3 is 0 Å². The molecule has 3 aromatic rings. The maximum Gasteiger partial charge on any atom is 0.239 e. The maximum absolute atomic E-state index is 6.07. The third kappa shape index (κ3) is 7.08. The zero-order valence-corrected chi connectivity index (χ0v) is 24.2. The minimum absolute atomic E-state index is 0.361. The number of hydrogen-bond acceptors (Lipinski definition) is 11. The van der Waals surface area contributed by atoms with Crippen molar-refractivity contribution in [3.05, 3.63) is 53.3 Å². The molecular weight excluding hydrogens is 522 g/mol. The molecule has 10 nitrogen and oxygen atoms in total. The molecule has 0 aromatic carbocycles. The molecule has 3 aromatic heterocycles. The molecule has 0 amide bonds. The average molecular weight is 564 g/mol. The lowest BCUT2D eigenvalue weighted by molar-refractivity contribution is 0.177. The standard InChI is InChI=1S/C29H41N9OS/c1-3-39-28-27(31)22(30)16-24(35-28)20(2)34-17-21-7-12-37(13-8-21)19-26-25(18-38-14-10-32-11-15-38)36-29(40-26)23-6-4-5-9-33-23/h4-6,9,16,21,32,34H,2-3,7-8,10-15,17-19,31H2,1H3,(H2,30,35). The predicted octanol–water partition coefficient (Wildman–Crippen LogP) is 3.04. The molecule has 2 aliphatic heterocycles. The second-order valence-corrected chi connectivity index (χ2v) is 11.5. The predicted molar refractivity (Wildman–Crippen MR) is 163 cm³/mol. The summed E-state index contributed by atoms with van der Waals surface area (Å²) in [6, 6.07) is 7.79. The van der Waals surface area contributed by atoms with Crippen LogP contribution in [0, 0.1) is 5.92 Å². The average Bonchev–Trinajstić information content (AvgIpc) is 3.37. The number of pyridine rings is 2. The lowest BCUT2D eigenvalue weighted by Gasteiger charge is -2.32. The number of anilines is 2. The fourth-order valence-electron chi connectivity index (χ4n) is 5.17. The van der Waals surface area contributed by atoms with Gasteiger partial charge in [0.2, 0.25) is 5.88 Å². The molecule has 2 fully saturated rings. The molecule has 40 heavy (non-hydrogen) atoms. The molecule has 11 heteroatoms. The molecule has 2 saturated heterocycles. The Morgan fingerprint density at radius 3 is 2.62 bits per heavy atom. The van der Waals surface area contributed by atoms with Crippen LogP contribution in [0.5, 0.6) is 5.88 Å². The van der Waals surface area contributed by atoms with Crippen LogP contribution in [0.25, 0.3) is 16.4 Å². The number of piperidine rings is 1. The first-order valence-corrected chi connectivity index (χ1v) is 15.0. The molecule has 5 heterocycles. The highest BCUT2D eigenvalue weighted by Crippen LogP contribution is 2.31. The highest BCUT2D eigenvalue weighted by Gasteiger charge is 2.24. The number of hydrogen-bond donors (Lipinski definition) is 4. The SMILES string of the molecule is C=C(NCC1CCN(Cc2sc(-c3ccccn3)nc2CN2CCNCC2)CC1)c1cc(N)c(N)c(OCC)n1. The first-order valence-electron chi connectivity index (χ1n) is 14.2. The van der Waals surface area contributed by atoms with Crippen molar-refractivity contribution in [2.24, 2.45) is 5.92 Å². The van der Waals surface area contributed by atoms with E-state index in [0.717, 1.165) is 88.1 Å². The summed E-state index contributed by atoms with van der Waals surface area (Å²) in [7, 11) is 0. The molecule has 2 aliphatic rings. The molecule has 6 N–H and O–H groups in total. The van der Waals surface area contributed by atoms with Gasteiger partial charge in [0.05, 0.1) is 35.1 Å². The normalized spacial score (nSPS) is 17.1. The molecule has 0 radical (unpaired) electrons. The fourth-order valence-corrected chi connectivity index (χ4v) is 6.26. The lowest BCUT2D eigenvalue weighted by atomic mass is 9.96. The van der Waals surface area contributed by atoms with Gasteiger partial charge in [-0.3, -0.25) is 14.8 Å². The number of likely N-dealkylation sites (tertiary alicyclic amines) is 1. The summed E-state index contributed by atoms with van der Waals surface area (Å²) in [6.07, 6.45) is 4.09. The molecular formula is C29H41N9OS. The van der Waals surface area contributed by atoms with Crippen molar-refractivity contribution >= 4 is 28.4 Å². The highest BCUT2D eigenvalue weighted by atomic mass is 32.1. The Balaban J connectivity index is 1.17. The van der Waals surface area contributed by atoms with Crippen molar-refractivity contribution in [3.63, 3.8) is 0 Å². The summed E-state index contributed by atoms with van der Waals surface area (Å²) in [4.78, 5) is 20.6. The van der Waals surface area contributed by atoms with Gasteiger partial charge in [-0.1, -0.05) is 12.6 Å². The monoisotopic (exact) mass is 563 g/mol. The van der Waals surface area contributed by atoms with Crippen LogP contribution in [0.1, 0.15) is 36.0 Å². The smallest absolute Gasteiger partial charge is 0.239 e. The van der Waals surface area contributed by atoms with Gasteiger partial charge in [-0.2, -0.15) is 0 Å². The van der Waals surface area contributed by atoms with Crippen molar-refractivity contribution in [1.82, 2.24) is 35.4 Å². The van der Waals surface area contributed by atoms with Gasteiger partial charge in [0.25, 0.3) is 0 Å². The number of ether oxygens (including phenoxy) is 1. The minimum Gasteiger partial charge on any atom is -0.476 e. The largest absolute Gasteiger partial charge is 0.476 e. The Hall–Kier alpha value is -3.25. The Morgan fingerprint density at radius 2 is 1.90 bits per heavy atom. The van der Waals surface area contributed by atoms with Crippen molar-refractivity contribution in [2.75, 3.05) is 63.9 Å². The van der Waals surface area contributed by atoms with Crippen LogP contribution in [0.3, 0.4) is 0 Å². The summed E-state index contributed by atoms with van der Waals surface area (Å²) in [5, 5.41) is 7.94.